The summed E-state index contributed by atoms with van der Waals surface area (Å²) in [5.74, 6) is -2.20. The van der Waals surface area contributed by atoms with Gasteiger partial charge >= 0.3 is 12.6 Å². The third kappa shape index (κ3) is 4.42. The minimum atomic E-state index is -3.05. The number of thiophene rings is 1. The number of ether oxygens (including phenoxy) is 2. The number of esters is 1. The number of hydrogen-bond acceptors (Lipinski definition) is 5. The molecule has 0 saturated heterocycles. The molecule has 1 aromatic heterocycles. The average molecular weight is 409 g/mol. The monoisotopic (exact) mass is 409 g/mol. The molecule has 0 radical (unpaired) electrons. The summed E-state index contributed by atoms with van der Waals surface area (Å²) in [6.07, 6.45) is -1.22. The van der Waals surface area contributed by atoms with Crippen LogP contribution in [0, 0.1) is 5.82 Å². The van der Waals surface area contributed by atoms with E-state index in [9.17, 15) is 22.8 Å². The summed E-state index contributed by atoms with van der Waals surface area (Å²) >= 11 is 1.04. The number of anilines is 1. The summed E-state index contributed by atoms with van der Waals surface area (Å²) in [5.41, 5.74) is 0.0135. The first kappa shape index (κ1) is 19.7. The Balaban J connectivity index is 1.68. The Hall–Kier alpha value is -3.07. The maximum atomic E-state index is 13.7. The fourth-order valence-electron chi connectivity index (χ4n) is 2.40. The molecule has 0 fully saturated rings. The first-order valence-corrected chi connectivity index (χ1v) is 8.90. The van der Waals surface area contributed by atoms with Crippen molar-refractivity contribution in [3.8, 4) is 5.75 Å². The largest absolute Gasteiger partial charge is 0.448 e. The summed E-state index contributed by atoms with van der Waals surface area (Å²) in [4.78, 5) is 24.7. The van der Waals surface area contributed by atoms with Crippen LogP contribution in [0.3, 0.4) is 0 Å². The number of halogens is 3. The highest BCUT2D eigenvalue weighted by atomic mass is 32.1. The van der Waals surface area contributed by atoms with Gasteiger partial charge in [-0.3, -0.25) is 4.79 Å². The molecule has 9 heteroatoms. The number of benzene rings is 2. The Bertz CT molecular complexity index is 1020. The molecule has 2 aromatic carbocycles. The van der Waals surface area contributed by atoms with Gasteiger partial charge in [-0.05, 0) is 37.3 Å². The fourth-order valence-corrected chi connectivity index (χ4v) is 3.36. The van der Waals surface area contributed by atoms with Crippen LogP contribution >= 0.6 is 11.3 Å². The van der Waals surface area contributed by atoms with Crippen molar-refractivity contribution < 1.29 is 32.2 Å². The van der Waals surface area contributed by atoms with Crippen LogP contribution in [-0.2, 0) is 9.53 Å². The van der Waals surface area contributed by atoms with Crippen LogP contribution in [0.1, 0.15) is 16.6 Å². The van der Waals surface area contributed by atoms with Crippen LogP contribution in [0.25, 0.3) is 10.1 Å². The van der Waals surface area contributed by atoms with Crippen molar-refractivity contribution in [3.63, 3.8) is 0 Å². The molecule has 0 aliphatic heterocycles. The molecule has 3 rings (SSSR count). The Labute approximate surface area is 161 Å². The van der Waals surface area contributed by atoms with Crippen LogP contribution in [0.5, 0.6) is 5.75 Å². The molecule has 1 atom stereocenters. The highest BCUT2D eigenvalue weighted by Gasteiger charge is 2.22. The van der Waals surface area contributed by atoms with E-state index in [-0.39, 0.29) is 21.7 Å². The summed E-state index contributed by atoms with van der Waals surface area (Å²) in [7, 11) is 0. The van der Waals surface area contributed by atoms with Gasteiger partial charge in [-0.1, -0.05) is 18.2 Å². The molecular weight excluding hydrogens is 395 g/mol. The third-order valence-electron chi connectivity index (χ3n) is 3.72. The Morgan fingerprint density at radius 2 is 1.86 bits per heavy atom. The maximum absolute atomic E-state index is 13.7. The summed E-state index contributed by atoms with van der Waals surface area (Å²) in [5, 5.41) is 2.66. The van der Waals surface area contributed by atoms with Gasteiger partial charge in [0.15, 0.2) is 6.10 Å². The van der Waals surface area contributed by atoms with Crippen molar-refractivity contribution >= 4 is 39.0 Å². The van der Waals surface area contributed by atoms with E-state index in [1.165, 1.54) is 49.4 Å². The first-order chi connectivity index (χ1) is 13.3. The van der Waals surface area contributed by atoms with Crippen molar-refractivity contribution in [2.75, 3.05) is 5.32 Å². The number of carbonyl (C=O) groups excluding carboxylic acids is 2. The highest BCUT2D eigenvalue weighted by Crippen LogP contribution is 2.29. The van der Waals surface area contributed by atoms with Gasteiger partial charge in [0.1, 0.15) is 16.4 Å². The zero-order chi connectivity index (χ0) is 20.3. The Morgan fingerprint density at radius 1 is 1.11 bits per heavy atom. The predicted octanol–water partition coefficient (Wildman–Crippen LogP) is 4.83. The SMILES string of the molecule is C[C@H](OC(=O)c1cc2c(F)cccc2s1)C(=O)Nc1ccccc1OC(F)F. The van der Waals surface area contributed by atoms with Crippen molar-refractivity contribution in [2.24, 2.45) is 0 Å². The normalized spacial score (nSPS) is 12.0. The van der Waals surface area contributed by atoms with Crippen molar-refractivity contribution in [1.82, 2.24) is 0 Å². The molecular formula is C19H14F3NO4S. The Kier molecular flexibility index (Phi) is 5.84. The second-order valence-corrected chi connectivity index (χ2v) is 6.76. The topological polar surface area (TPSA) is 64.6 Å². The van der Waals surface area contributed by atoms with Crippen molar-refractivity contribution in [3.05, 3.63) is 59.2 Å². The van der Waals surface area contributed by atoms with Gasteiger partial charge in [0.25, 0.3) is 5.91 Å². The molecule has 28 heavy (non-hydrogen) atoms. The molecule has 1 amide bonds. The lowest BCUT2D eigenvalue weighted by Crippen LogP contribution is -2.30. The molecule has 5 nitrogen and oxygen atoms in total. The van der Waals surface area contributed by atoms with Gasteiger partial charge < -0.3 is 14.8 Å². The Morgan fingerprint density at radius 3 is 2.57 bits per heavy atom. The quantitative estimate of drug-likeness (QED) is 0.593. The van der Waals surface area contributed by atoms with Gasteiger partial charge in [0, 0.05) is 10.1 Å². The molecule has 0 aliphatic carbocycles. The van der Waals surface area contributed by atoms with Crippen molar-refractivity contribution in [2.45, 2.75) is 19.6 Å². The van der Waals surface area contributed by atoms with Crippen LogP contribution in [0.4, 0.5) is 18.9 Å². The lowest BCUT2D eigenvalue weighted by atomic mass is 10.2. The van der Waals surface area contributed by atoms with E-state index >= 15 is 0 Å². The zero-order valence-electron chi connectivity index (χ0n) is 14.4. The van der Waals surface area contributed by atoms with E-state index in [0.29, 0.717) is 4.70 Å². The van der Waals surface area contributed by atoms with Gasteiger partial charge in [0.05, 0.1) is 5.69 Å². The van der Waals surface area contributed by atoms with Crippen LogP contribution in [-0.4, -0.2) is 24.6 Å². The number of alkyl halides is 2. The number of rotatable bonds is 6. The molecule has 0 saturated carbocycles. The minimum absolute atomic E-state index is 0.0135. The van der Waals surface area contributed by atoms with Crippen LogP contribution < -0.4 is 10.1 Å². The summed E-state index contributed by atoms with van der Waals surface area (Å²) < 4.78 is 48.6. The number of nitrogens with one attached hydrogen (secondary N) is 1. The second kappa shape index (κ2) is 8.30. The summed E-state index contributed by atoms with van der Waals surface area (Å²) in [6.45, 7) is -1.72. The van der Waals surface area contributed by atoms with E-state index in [1.54, 1.807) is 6.07 Å². The molecule has 0 aliphatic rings. The predicted molar refractivity (Wildman–Crippen MR) is 98.4 cm³/mol. The van der Waals surface area contributed by atoms with Crippen LogP contribution in [0.15, 0.2) is 48.5 Å². The minimum Gasteiger partial charge on any atom is -0.448 e. The van der Waals surface area contributed by atoms with E-state index in [1.807, 2.05) is 0 Å². The maximum Gasteiger partial charge on any atom is 0.387 e. The highest BCUT2D eigenvalue weighted by molar-refractivity contribution is 7.20. The third-order valence-corrected chi connectivity index (χ3v) is 4.80. The standard InChI is InChI=1S/C19H14F3NO4S/c1-10(17(24)23-13-6-2-3-7-14(13)27-19(21)22)26-18(25)16-9-11-12(20)5-4-8-15(11)28-16/h2-10,19H,1H3,(H,23,24)/t10-/m0/s1. The number of hydrogen-bond donors (Lipinski definition) is 1. The van der Waals surface area contributed by atoms with E-state index < -0.39 is 30.4 Å². The number of fused-ring (bicyclic) bond motifs is 1. The van der Waals surface area contributed by atoms with Crippen molar-refractivity contribution in [1.29, 1.82) is 0 Å². The van der Waals surface area contributed by atoms with Gasteiger partial charge in [-0.2, -0.15) is 8.78 Å². The van der Waals surface area contributed by atoms with Gasteiger partial charge in [0.2, 0.25) is 0 Å². The van der Waals surface area contributed by atoms with E-state index in [2.05, 4.69) is 10.1 Å². The molecule has 1 N–H and O–H groups in total. The van der Waals surface area contributed by atoms with E-state index in [0.717, 1.165) is 11.3 Å². The van der Waals surface area contributed by atoms with Crippen LogP contribution in [0.2, 0.25) is 0 Å². The average Bonchev–Trinajstić information content (AvgIpc) is 3.08. The lowest BCUT2D eigenvalue weighted by molar-refractivity contribution is -0.123. The van der Waals surface area contributed by atoms with E-state index in [4.69, 9.17) is 4.74 Å². The first-order valence-electron chi connectivity index (χ1n) is 8.09. The smallest absolute Gasteiger partial charge is 0.387 e. The second-order valence-electron chi connectivity index (χ2n) is 5.67. The van der Waals surface area contributed by atoms with Gasteiger partial charge in [-0.25, -0.2) is 9.18 Å². The summed E-state index contributed by atoms with van der Waals surface area (Å²) in [6, 6.07) is 11.5. The fraction of sp³-hybridized carbons (Fsp3) is 0.158. The molecule has 1 heterocycles. The molecule has 0 spiro atoms. The molecule has 146 valence electrons. The lowest BCUT2D eigenvalue weighted by Gasteiger charge is -2.15. The van der Waals surface area contributed by atoms with Gasteiger partial charge in [-0.15, -0.1) is 11.3 Å². The number of para-hydroxylation sites is 2. The number of amides is 1. The molecule has 0 unspecified atom stereocenters. The molecule has 3 aromatic rings. The zero-order valence-corrected chi connectivity index (χ0v) is 15.3. The number of carbonyl (C=O) groups is 2. The molecule has 0 bridgehead atoms.